The molecule has 2 aliphatic carbocycles. The molecule has 2 fully saturated rings. The third-order valence-corrected chi connectivity index (χ3v) is 3.53. The molecule has 0 aromatic carbocycles. The van der Waals surface area contributed by atoms with E-state index in [9.17, 15) is 5.11 Å². The van der Waals surface area contributed by atoms with Crippen molar-refractivity contribution in [3.63, 3.8) is 0 Å². The first-order valence-electron chi connectivity index (χ1n) is 6.89. The van der Waals surface area contributed by atoms with Gasteiger partial charge in [0.05, 0.1) is 6.10 Å². The molecule has 0 aromatic heterocycles. The van der Waals surface area contributed by atoms with Crippen LogP contribution >= 0.6 is 0 Å². The van der Waals surface area contributed by atoms with Crippen molar-refractivity contribution < 1.29 is 5.11 Å². The van der Waals surface area contributed by atoms with Gasteiger partial charge in [0.2, 0.25) is 0 Å². The number of hydrogen-bond acceptors (Lipinski definition) is 3. The first-order valence-corrected chi connectivity index (χ1v) is 6.89. The van der Waals surface area contributed by atoms with Crippen LogP contribution in [-0.2, 0) is 0 Å². The van der Waals surface area contributed by atoms with Crippen molar-refractivity contribution in [2.75, 3.05) is 32.7 Å². The standard InChI is InChI=1S/C13H26N2O/c1-2-14-7-13(16)10-15(8-11-3-4-11)9-12-5-6-12/h11-14,16H,2-10H2,1H3. The van der Waals surface area contributed by atoms with Crippen LogP contribution in [0, 0.1) is 11.8 Å². The van der Waals surface area contributed by atoms with Crippen LogP contribution in [-0.4, -0.2) is 48.8 Å². The molecule has 2 aliphatic rings. The smallest absolute Gasteiger partial charge is 0.0791 e. The number of aliphatic hydroxyl groups excluding tert-OH is 1. The zero-order valence-electron chi connectivity index (χ0n) is 10.5. The summed E-state index contributed by atoms with van der Waals surface area (Å²) in [6, 6.07) is 0. The van der Waals surface area contributed by atoms with Gasteiger partial charge in [0.1, 0.15) is 0 Å². The molecule has 3 nitrogen and oxygen atoms in total. The zero-order chi connectivity index (χ0) is 11.4. The molecule has 1 unspecified atom stereocenters. The molecule has 2 N–H and O–H groups in total. The van der Waals surface area contributed by atoms with E-state index in [0.29, 0.717) is 0 Å². The number of rotatable bonds is 9. The SMILES string of the molecule is CCNCC(O)CN(CC1CC1)CC1CC1. The average molecular weight is 226 g/mol. The summed E-state index contributed by atoms with van der Waals surface area (Å²) in [5.41, 5.74) is 0. The van der Waals surface area contributed by atoms with E-state index in [1.54, 1.807) is 0 Å². The first kappa shape index (κ1) is 12.3. The van der Waals surface area contributed by atoms with Gasteiger partial charge in [-0.2, -0.15) is 0 Å². The van der Waals surface area contributed by atoms with Gasteiger partial charge >= 0.3 is 0 Å². The van der Waals surface area contributed by atoms with Crippen molar-refractivity contribution >= 4 is 0 Å². The highest BCUT2D eigenvalue weighted by Gasteiger charge is 2.29. The van der Waals surface area contributed by atoms with Crippen LogP contribution in [0.3, 0.4) is 0 Å². The Labute approximate surface area is 99.2 Å². The fourth-order valence-corrected chi connectivity index (χ4v) is 2.23. The van der Waals surface area contributed by atoms with Crippen LogP contribution in [0.25, 0.3) is 0 Å². The maximum absolute atomic E-state index is 9.91. The van der Waals surface area contributed by atoms with Crippen molar-refractivity contribution in [3.8, 4) is 0 Å². The third-order valence-electron chi connectivity index (χ3n) is 3.53. The molecule has 2 saturated carbocycles. The molecule has 16 heavy (non-hydrogen) atoms. The summed E-state index contributed by atoms with van der Waals surface area (Å²) >= 11 is 0. The van der Waals surface area contributed by atoms with Gasteiger partial charge in [-0.15, -0.1) is 0 Å². The Balaban J connectivity index is 1.66. The molecule has 0 bridgehead atoms. The Kier molecular flexibility index (Phi) is 4.62. The molecule has 0 radical (unpaired) electrons. The lowest BCUT2D eigenvalue weighted by Gasteiger charge is -2.25. The Hall–Kier alpha value is -0.120. The van der Waals surface area contributed by atoms with E-state index in [2.05, 4.69) is 17.1 Å². The first-order chi connectivity index (χ1) is 7.78. The predicted octanol–water partition coefficient (Wildman–Crippen LogP) is 1.08. The Morgan fingerprint density at radius 3 is 2.19 bits per heavy atom. The Bertz CT molecular complexity index is 188. The summed E-state index contributed by atoms with van der Waals surface area (Å²) in [7, 11) is 0. The zero-order valence-corrected chi connectivity index (χ0v) is 10.5. The van der Waals surface area contributed by atoms with E-state index in [4.69, 9.17) is 0 Å². The maximum atomic E-state index is 9.91. The minimum absolute atomic E-state index is 0.197. The fraction of sp³-hybridized carbons (Fsp3) is 1.00. The van der Waals surface area contributed by atoms with Crippen LogP contribution in [0.2, 0.25) is 0 Å². The van der Waals surface area contributed by atoms with Crippen LogP contribution in [0.15, 0.2) is 0 Å². The van der Waals surface area contributed by atoms with Gasteiger partial charge in [-0.1, -0.05) is 6.92 Å². The normalized spacial score (nSPS) is 22.7. The van der Waals surface area contributed by atoms with Crippen LogP contribution in [0.5, 0.6) is 0 Å². The highest BCUT2D eigenvalue weighted by atomic mass is 16.3. The summed E-state index contributed by atoms with van der Waals surface area (Å²) in [5.74, 6) is 1.87. The monoisotopic (exact) mass is 226 g/mol. The molecule has 3 heteroatoms. The van der Waals surface area contributed by atoms with Gasteiger partial charge in [-0.3, -0.25) is 0 Å². The van der Waals surface area contributed by atoms with Crippen LogP contribution in [0.4, 0.5) is 0 Å². The minimum Gasteiger partial charge on any atom is -0.390 e. The highest BCUT2D eigenvalue weighted by molar-refractivity contribution is 4.83. The van der Waals surface area contributed by atoms with Crippen molar-refractivity contribution in [3.05, 3.63) is 0 Å². The second-order valence-corrected chi connectivity index (χ2v) is 5.57. The van der Waals surface area contributed by atoms with E-state index >= 15 is 0 Å². The van der Waals surface area contributed by atoms with Crippen molar-refractivity contribution in [2.24, 2.45) is 11.8 Å². The third kappa shape index (κ3) is 4.81. The molecular weight excluding hydrogens is 200 g/mol. The topological polar surface area (TPSA) is 35.5 Å². The second kappa shape index (κ2) is 5.99. The van der Waals surface area contributed by atoms with E-state index in [-0.39, 0.29) is 6.10 Å². The molecule has 1 atom stereocenters. The van der Waals surface area contributed by atoms with Gasteiger partial charge in [-0.25, -0.2) is 0 Å². The summed E-state index contributed by atoms with van der Waals surface area (Å²) in [6.07, 6.45) is 5.43. The van der Waals surface area contributed by atoms with Gasteiger partial charge in [0, 0.05) is 26.2 Å². The number of aliphatic hydroxyl groups is 1. The summed E-state index contributed by atoms with van der Waals surface area (Å²) in [4.78, 5) is 2.50. The molecule has 94 valence electrons. The molecule has 2 rings (SSSR count). The lowest BCUT2D eigenvalue weighted by molar-refractivity contribution is 0.106. The molecule has 0 spiro atoms. The number of hydrogen-bond donors (Lipinski definition) is 2. The Morgan fingerprint density at radius 1 is 1.19 bits per heavy atom. The summed E-state index contributed by atoms with van der Waals surface area (Å²) in [6.45, 7) is 7.07. The molecule has 0 amide bonds. The second-order valence-electron chi connectivity index (χ2n) is 5.57. The largest absolute Gasteiger partial charge is 0.390 e. The highest BCUT2D eigenvalue weighted by Crippen LogP contribution is 2.33. The number of nitrogens with one attached hydrogen (secondary N) is 1. The van der Waals surface area contributed by atoms with Gasteiger partial charge in [0.15, 0.2) is 0 Å². The molecule has 0 heterocycles. The Morgan fingerprint density at radius 2 is 1.75 bits per heavy atom. The number of nitrogens with zero attached hydrogens (tertiary/aromatic N) is 1. The lowest BCUT2D eigenvalue weighted by atomic mass is 10.2. The van der Waals surface area contributed by atoms with Crippen LogP contribution < -0.4 is 5.32 Å². The summed E-state index contributed by atoms with van der Waals surface area (Å²) < 4.78 is 0. The molecular formula is C13H26N2O. The molecule has 0 aliphatic heterocycles. The van der Waals surface area contributed by atoms with E-state index in [1.807, 2.05) is 0 Å². The van der Waals surface area contributed by atoms with Gasteiger partial charge in [-0.05, 0) is 44.1 Å². The molecule has 0 saturated heterocycles. The lowest BCUT2D eigenvalue weighted by Crippen LogP contribution is -2.40. The average Bonchev–Trinajstić information content (AvgIpc) is 3.10. The summed E-state index contributed by atoms with van der Waals surface area (Å²) in [5, 5.41) is 13.1. The van der Waals surface area contributed by atoms with Crippen molar-refractivity contribution in [1.82, 2.24) is 10.2 Å². The van der Waals surface area contributed by atoms with Gasteiger partial charge in [0.25, 0.3) is 0 Å². The molecule has 0 aromatic rings. The van der Waals surface area contributed by atoms with E-state index in [0.717, 1.165) is 31.5 Å². The maximum Gasteiger partial charge on any atom is 0.0791 e. The van der Waals surface area contributed by atoms with Crippen molar-refractivity contribution in [1.29, 1.82) is 0 Å². The van der Waals surface area contributed by atoms with Crippen LogP contribution in [0.1, 0.15) is 32.6 Å². The van der Waals surface area contributed by atoms with Crippen molar-refractivity contribution in [2.45, 2.75) is 38.7 Å². The quantitative estimate of drug-likeness (QED) is 0.617. The predicted molar refractivity (Wildman–Crippen MR) is 66.4 cm³/mol. The fourth-order valence-electron chi connectivity index (χ4n) is 2.23. The minimum atomic E-state index is -0.197. The van der Waals surface area contributed by atoms with E-state index in [1.165, 1.54) is 38.8 Å². The number of likely N-dealkylation sites (N-methyl/N-ethyl adjacent to an activating group) is 1. The van der Waals surface area contributed by atoms with Gasteiger partial charge < -0.3 is 15.3 Å². The van der Waals surface area contributed by atoms with E-state index < -0.39 is 0 Å².